The van der Waals surface area contributed by atoms with E-state index in [-0.39, 0.29) is 0 Å². The molecule has 1 heterocycles. The van der Waals surface area contributed by atoms with Crippen molar-refractivity contribution in [3.63, 3.8) is 0 Å². The molecule has 0 atom stereocenters. The van der Waals surface area contributed by atoms with E-state index >= 15 is 0 Å². The Morgan fingerprint density at radius 2 is 2.06 bits per heavy atom. The van der Waals surface area contributed by atoms with Gasteiger partial charge in [-0.25, -0.2) is 0 Å². The van der Waals surface area contributed by atoms with E-state index in [0.29, 0.717) is 4.99 Å². The molecule has 0 saturated carbocycles. The molecule has 0 aliphatic heterocycles. The average Bonchev–Trinajstić information content (AvgIpc) is 2.68. The van der Waals surface area contributed by atoms with Gasteiger partial charge in [0.25, 0.3) is 0 Å². The monoisotopic (exact) mass is 260 g/mol. The van der Waals surface area contributed by atoms with Crippen LogP contribution in [0.15, 0.2) is 30.5 Å². The van der Waals surface area contributed by atoms with Crippen LogP contribution in [0.3, 0.4) is 0 Å². The lowest BCUT2D eigenvalue weighted by Gasteiger charge is -2.07. The molecule has 1 aromatic carbocycles. The number of nitrogens with zero attached hydrogens (tertiary/aromatic N) is 2. The van der Waals surface area contributed by atoms with Crippen LogP contribution in [-0.2, 0) is 13.6 Å². The highest BCUT2D eigenvalue weighted by atomic mass is 32.1. The molecule has 0 spiro atoms. The minimum absolute atomic E-state index is 0.421. The SMILES string of the molecule is Cc1c(CNc2ccc(C(N)=S)cc2)cnn1C. The summed E-state index contributed by atoms with van der Waals surface area (Å²) in [6.07, 6.45) is 1.88. The highest BCUT2D eigenvalue weighted by Crippen LogP contribution is 2.12. The Labute approximate surface area is 112 Å². The van der Waals surface area contributed by atoms with Gasteiger partial charge in [0.1, 0.15) is 4.99 Å². The summed E-state index contributed by atoms with van der Waals surface area (Å²) >= 11 is 4.91. The van der Waals surface area contributed by atoms with E-state index in [4.69, 9.17) is 18.0 Å². The van der Waals surface area contributed by atoms with Crippen molar-refractivity contribution >= 4 is 22.9 Å². The molecule has 0 amide bonds. The Hall–Kier alpha value is -1.88. The summed E-state index contributed by atoms with van der Waals surface area (Å²) < 4.78 is 1.87. The number of nitrogens with two attached hydrogens (primary N) is 1. The number of nitrogens with one attached hydrogen (secondary N) is 1. The fraction of sp³-hybridized carbons (Fsp3) is 0.231. The summed E-state index contributed by atoms with van der Waals surface area (Å²) in [6, 6.07) is 7.78. The van der Waals surface area contributed by atoms with Gasteiger partial charge in [-0.1, -0.05) is 12.2 Å². The van der Waals surface area contributed by atoms with Crippen molar-refractivity contribution in [1.29, 1.82) is 0 Å². The summed E-state index contributed by atoms with van der Waals surface area (Å²) in [6.45, 7) is 2.81. The third-order valence-corrected chi connectivity index (χ3v) is 3.22. The van der Waals surface area contributed by atoms with Gasteiger partial charge in [0, 0.05) is 36.1 Å². The van der Waals surface area contributed by atoms with Gasteiger partial charge in [-0.2, -0.15) is 5.10 Å². The smallest absolute Gasteiger partial charge is 0.103 e. The van der Waals surface area contributed by atoms with Crippen molar-refractivity contribution in [3.05, 3.63) is 47.3 Å². The molecular formula is C13H16N4S. The van der Waals surface area contributed by atoms with Gasteiger partial charge in [0.2, 0.25) is 0 Å². The van der Waals surface area contributed by atoms with E-state index in [0.717, 1.165) is 17.8 Å². The Bertz CT molecular complexity index is 557. The number of benzene rings is 1. The number of thiocarbonyl (C=S) groups is 1. The maximum absolute atomic E-state index is 5.55. The number of rotatable bonds is 4. The highest BCUT2D eigenvalue weighted by Gasteiger charge is 2.03. The Balaban J connectivity index is 2.02. The van der Waals surface area contributed by atoms with Gasteiger partial charge in [0.15, 0.2) is 0 Å². The average molecular weight is 260 g/mol. The quantitative estimate of drug-likeness (QED) is 0.825. The van der Waals surface area contributed by atoms with Crippen LogP contribution in [-0.4, -0.2) is 14.8 Å². The van der Waals surface area contributed by atoms with Crippen LogP contribution in [0.25, 0.3) is 0 Å². The minimum atomic E-state index is 0.421. The fourth-order valence-corrected chi connectivity index (χ4v) is 1.80. The molecule has 18 heavy (non-hydrogen) atoms. The highest BCUT2D eigenvalue weighted by molar-refractivity contribution is 7.80. The van der Waals surface area contributed by atoms with Crippen LogP contribution >= 0.6 is 12.2 Å². The van der Waals surface area contributed by atoms with Gasteiger partial charge in [-0.05, 0) is 31.2 Å². The van der Waals surface area contributed by atoms with Crippen molar-refractivity contribution in [2.45, 2.75) is 13.5 Å². The number of anilines is 1. The maximum Gasteiger partial charge on any atom is 0.103 e. The van der Waals surface area contributed by atoms with Crippen LogP contribution in [0.2, 0.25) is 0 Å². The predicted octanol–water partition coefficient (Wildman–Crippen LogP) is 1.97. The molecule has 3 N–H and O–H groups in total. The zero-order valence-electron chi connectivity index (χ0n) is 10.5. The molecule has 0 fully saturated rings. The Kier molecular flexibility index (Phi) is 3.62. The zero-order chi connectivity index (χ0) is 13.1. The summed E-state index contributed by atoms with van der Waals surface area (Å²) in [5.41, 5.74) is 9.83. The van der Waals surface area contributed by atoms with E-state index in [2.05, 4.69) is 17.3 Å². The first-order valence-corrected chi connectivity index (χ1v) is 6.10. The molecule has 0 saturated heterocycles. The maximum atomic E-state index is 5.55. The first-order chi connectivity index (χ1) is 8.58. The second-order valence-corrected chi connectivity index (χ2v) is 4.61. The summed E-state index contributed by atoms with van der Waals surface area (Å²) in [5, 5.41) is 7.55. The lowest BCUT2D eigenvalue weighted by atomic mass is 10.2. The second-order valence-electron chi connectivity index (χ2n) is 4.17. The van der Waals surface area contributed by atoms with E-state index in [1.807, 2.05) is 42.2 Å². The van der Waals surface area contributed by atoms with Crippen molar-refractivity contribution in [1.82, 2.24) is 9.78 Å². The normalized spacial score (nSPS) is 10.3. The summed E-state index contributed by atoms with van der Waals surface area (Å²) in [4.78, 5) is 0.421. The molecule has 0 aliphatic rings. The largest absolute Gasteiger partial charge is 0.389 e. The predicted molar refractivity (Wildman–Crippen MR) is 77.6 cm³/mol. The zero-order valence-corrected chi connectivity index (χ0v) is 11.3. The number of aryl methyl sites for hydroxylation is 1. The Morgan fingerprint density at radius 3 is 2.56 bits per heavy atom. The molecule has 4 nitrogen and oxygen atoms in total. The van der Waals surface area contributed by atoms with Crippen molar-refractivity contribution in [2.24, 2.45) is 12.8 Å². The standard InChI is InChI=1S/C13H16N4S/c1-9-11(8-16-17(9)2)7-15-12-5-3-10(4-6-12)13(14)18/h3-6,8,15H,7H2,1-2H3,(H2,14,18). The van der Waals surface area contributed by atoms with Gasteiger partial charge >= 0.3 is 0 Å². The van der Waals surface area contributed by atoms with E-state index in [1.54, 1.807) is 0 Å². The van der Waals surface area contributed by atoms with Crippen molar-refractivity contribution < 1.29 is 0 Å². The number of aromatic nitrogens is 2. The Morgan fingerprint density at radius 1 is 1.39 bits per heavy atom. The molecule has 2 aromatic rings. The fourth-order valence-electron chi connectivity index (χ4n) is 1.67. The molecular weight excluding hydrogens is 244 g/mol. The molecule has 0 aliphatic carbocycles. The van der Waals surface area contributed by atoms with Crippen LogP contribution in [0.5, 0.6) is 0 Å². The topological polar surface area (TPSA) is 55.9 Å². The molecule has 5 heteroatoms. The van der Waals surface area contributed by atoms with E-state index < -0.39 is 0 Å². The first-order valence-electron chi connectivity index (χ1n) is 5.69. The van der Waals surface area contributed by atoms with Gasteiger partial charge in [0.05, 0.1) is 6.20 Å². The molecule has 2 rings (SSSR count). The lowest BCUT2D eigenvalue weighted by molar-refractivity contribution is 0.738. The third-order valence-electron chi connectivity index (χ3n) is 2.99. The van der Waals surface area contributed by atoms with Gasteiger partial charge in [-0.15, -0.1) is 0 Å². The summed E-state index contributed by atoms with van der Waals surface area (Å²) in [7, 11) is 1.94. The van der Waals surface area contributed by atoms with Crippen LogP contribution in [0.4, 0.5) is 5.69 Å². The van der Waals surface area contributed by atoms with Crippen LogP contribution in [0, 0.1) is 6.92 Å². The van der Waals surface area contributed by atoms with Crippen molar-refractivity contribution in [2.75, 3.05) is 5.32 Å². The second kappa shape index (κ2) is 5.18. The lowest BCUT2D eigenvalue weighted by Crippen LogP contribution is -2.09. The summed E-state index contributed by atoms with van der Waals surface area (Å²) in [5.74, 6) is 0. The number of hydrogen-bond donors (Lipinski definition) is 2. The van der Waals surface area contributed by atoms with E-state index in [1.165, 1.54) is 11.3 Å². The van der Waals surface area contributed by atoms with Gasteiger partial charge < -0.3 is 11.1 Å². The van der Waals surface area contributed by atoms with Crippen LogP contribution < -0.4 is 11.1 Å². The van der Waals surface area contributed by atoms with Crippen LogP contribution in [0.1, 0.15) is 16.8 Å². The molecule has 0 unspecified atom stereocenters. The molecule has 0 radical (unpaired) electrons. The van der Waals surface area contributed by atoms with Crippen molar-refractivity contribution in [3.8, 4) is 0 Å². The third kappa shape index (κ3) is 2.68. The first kappa shape index (κ1) is 12.6. The minimum Gasteiger partial charge on any atom is -0.389 e. The van der Waals surface area contributed by atoms with E-state index in [9.17, 15) is 0 Å². The van der Waals surface area contributed by atoms with Gasteiger partial charge in [-0.3, -0.25) is 4.68 Å². The number of hydrogen-bond acceptors (Lipinski definition) is 3. The molecule has 0 bridgehead atoms. The molecule has 94 valence electrons. The molecule has 1 aromatic heterocycles.